The van der Waals surface area contributed by atoms with Crippen molar-refractivity contribution in [3.63, 3.8) is 0 Å². The number of nitrogens with one attached hydrogen (secondary N) is 4. The van der Waals surface area contributed by atoms with Gasteiger partial charge in [-0.3, -0.25) is 25.8 Å². The monoisotopic (exact) mass is 371 g/mol. The number of para-hydroxylation sites is 2. The fraction of sp³-hybridized carbons (Fsp3) is 0.222. The van der Waals surface area contributed by atoms with Crippen LogP contribution in [0.3, 0.4) is 0 Å². The van der Waals surface area contributed by atoms with E-state index < -0.39 is 10.8 Å². The number of benzene rings is 2. The van der Waals surface area contributed by atoms with Gasteiger partial charge in [0.05, 0.1) is 4.92 Å². The van der Waals surface area contributed by atoms with Crippen LogP contribution in [0.4, 0.5) is 16.2 Å². The fourth-order valence-electron chi connectivity index (χ4n) is 2.20. The van der Waals surface area contributed by atoms with Crippen molar-refractivity contribution in [2.24, 2.45) is 0 Å². The summed E-state index contributed by atoms with van der Waals surface area (Å²) in [5.41, 5.74) is 6.24. The lowest BCUT2D eigenvalue weighted by Gasteiger charge is -2.11. The summed E-state index contributed by atoms with van der Waals surface area (Å²) in [4.78, 5) is 34.2. The Labute approximate surface area is 156 Å². The third-order valence-corrected chi connectivity index (χ3v) is 3.50. The van der Waals surface area contributed by atoms with E-state index in [0.29, 0.717) is 12.1 Å². The Morgan fingerprint density at radius 3 is 2.37 bits per heavy atom. The molecule has 0 heterocycles. The van der Waals surface area contributed by atoms with Gasteiger partial charge >= 0.3 is 6.03 Å². The molecule has 0 aliphatic heterocycles. The van der Waals surface area contributed by atoms with Crippen LogP contribution in [0.15, 0.2) is 48.5 Å². The van der Waals surface area contributed by atoms with E-state index in [4.69, 9.17) is 0 Å². The van der Waals surface area contributed by atoms with Gasteiger partial charge in [0.1, 0.15) is 5.69 Å². The maximum absolute atomic E-state index is 12.2. The first-order valence-corrected chi connectivity index (χ1v) is 8.30. The highest BCUT2D eigenvalue weighted by atomic mass is 16.6. The molecule has 2 aromatic rings. The van der Waals surface area contributed by atoms with Crippen molar-refractivity contribution in [2.45, 2.75) is 26.4 Å². The van der Waals surface area contributed by atoms with E-state index >= 15 is 0 Å². The van der Waals surface area contributed by atoms with Crippen LogP contribution in [-0.4, -0.2) is 22.9 Å². The molecule has 9 nitrogen and oxygen atoms in total. The number of nitro groups is 1. The number of hydrazine groups is 1. The van der Waals surface area contributed by atoms with E-state index in [9.17, 15) is 19.7 Å². The maximum Gasteiger partial charge on any atom is 0.315 e. The second kappa shape index (κ2) is 9.18. The van der Waals surface area contributed by atoms with Gasteiger partial charge in [0.15, 0.2) is 0 Å². The second-order valence-corrected chi connectivity index (χ2v) is 6.03. The maximum atomic E-state index is 12.2. The summed E-state index contributed by atoms with van der Waals surface area (Å²) >= 11 is 0. The van der Waals surface area contributed by atoms with Gasteiger partial charge < -0.3 is 10.6 Å². The molecule has 0 aromatic heterocycles. The van der Waals surface area contributed by atoms with E-state index in [1.54, 1.807) is 36.4 Å². The van der Waals surface area contributed by atoms with Crippen LogP contribution in [0.25, 0.3) is 0 Å². The lowest BCUT2D eigenvalue weighted by Crippen LogP contribution is -2.39. The molecule has 27 heavy (non-hydrogen) atoms. The Hall–Kier alpha value is -3.62. The van der Waals surface area contributed by atoms with Gasteiger partial charge in [-0.25, -0.2) is 4.79 Å². The molecule has 0 atom stereocenters. The van der Waals surface area contributed by atoms with Gasteiger partial charge in [-0.1, -0.05) is 24.3 Å². The minimum atomic E-state index is -0.536. The Morgan fingerprint density at radius 1 is 1.07 bits per heavy atom. The highest BCUT2D eigenvalue weighted by Crippen LogP contribution is 2.22. The molecule has 0 aliphatic carbocycles. The number of carbonyl (C=O) groups is 2. The third-order valence-electron chi connectivity index (χ3n) is 3.50. The number of hydrogen-bond donors (Lipinski definition) is 4. The third kappa shape index (κ3) is 5.99. The number of hydrogen-bond acceptors (Lipinski definition) is 5. The van der Waals surface area contributed by atoms with Crippen LogP contribution in [0.2, 0.25) is 0 Å². The standard InChI is InChI=1S/C18H21N5O4/c1-12(2)20-18(25)19-11-13-7-9-14(10-8-13)17(24)22-21-15-5-3-4-6-16(15)23(26)27/h3-10,12,21H,11H2,1-2H3,(H,22,24)(H2,19,20,25). The zero-order chi connectivity index (χ0) is 19.8. The first-order valence-electron chi connectivity index (χ1n) is 8.30. The molecular formula is C18H21N5O4. The van der Waals surface area contributed by atoms with Crippen LogP contribution in [0, 0.1) is 10.1 Å². The molecule has 0 saturated carbocycles. The molecule has 0 radical (unpaired) electrons. The lowest BCUT2D eigenvalue weighted by atomic mass is 10.1. The first-order chi connectivity index (χ1) is 12.9. The van der Waals surface area contributed by atoms with Gasteiger partial charge in [-0.05, 0) is 37.6 Å². The smallest absolute Gasteiger partial charge is 0.315 e. The number of rotatable bonds is 7. The normalized spacial score (nSPS) is 10.2. The van der Waals surface area contributed by atoms with Gasteiger partial charge in [0.25, 0.3) is 11.6 Å². The van der Waals surface area contributed by atoms with E-state index in [2.05, 4.69) is 21.5 Å². The molecule has 0 fully saturated rings. The Balaban J connectivity index is 1.90. The lowest BCUT2D eigenvalue weighted by molar-refractivity contribution is -0.384. The van der Waals surface area contributed by atoms with Crippen LogP contribution in [0.5, 0.6) is 0 Å². The number of carbonyl (C=O) groups excluding carboxylic acids is 2. The van der Waals surface area contributed by atoms with Crippen molar-refractivity contribution in [1.82, 2.24) is 16.1 Å². The summed E-state index contributed by atoms with van der Waals surface area (Å²) < 4.78 is 0. The predicted molar refractivity (Wildman–Crippen MR) is 101 cm³/mol. The number of anilines is 1. The number of nitrogens with zero attached hydrogens (tertiary/aromatic N) is 1. The van der Waals surface area contributed by atoms with E-state index in [1.807, 2.05) is 13.8 Å². The van der Waals surface area contributed by atoms with Crippen LogP contribution in [-0.2, 0) is 6.54 Å². The topological polar surface area (TPSA) is 125 Å². The van der Waals surface area contributed by atoms with E-state index in [-0.39, 0.29) is 23.4 Å². The minimum Gasteiger partial charge on any atom is -0.336 e. The Morgan fingerprint density at radius 2 is 1.74 bits per heavy atom. The van der Waals surface area contributed by atoms with Crippen LogP contribution >= 0.6 is 0 Å². The molecule has 0 spiro atoms. The molecule has 0 saturated heterocycles. The summed E-state index contributed by atoms with van der Waals surface area (Å²) in [5.74, 6) is -0.440. The number of amides is 3. The highest BCUT2D eigenvalue weighted by molar-refractivity contribution is 5.95. The second-order valence-electron chi connectivity index (χ2n) is 6.03. The molecule has 4 N–H and O–H groups in total. The molecule has 142 valence electrons. The molecule has 2 aromatic carbocycles. The largest absolute Gasteiger partial charge is 0.336 e. The summed E-state index contributed by atoms with van der Waals surface area (Å²) in [5, 5.41) is 16.4. The predicted octanol–water partition coefficient (Wildman–Crippen LogP) is 2.56. The van der Waals surface area contributed by atoms with Crippen LogP contribution in [0.1, 0.15) is 29.8 Å². The number of urea groups is 1. The van der Waals surface area contributed by atoms with Gasteiger partial charge in [0.2, 0.25) is 0 Å². The summed E-state index contributed by atoms with van der Waals surface area (Å²) in [6, 6.07) is 12.4. The van der Waals surface area contributed by atoms with Crippen LogP contribution < -0.4 is 21.5 Å². The van der Waals surface area contributed by atoms with Crippen molar-refractivity contribution < 1.29 is 14.5 Å². The molecule has 0 unspecified atom stereocenters. The summed E-state index contributed by atoms with van der Waals surface area (Å²) in [6.45, 7) is 4.06. The fourth-order valence-corrected chi connectivity index (χ4v) is 2.20. The van der Waals surface area contributed by atoms with Crippen molar-refractivity contribution in [1.29, 1.82) is 0 Å². The quantitative estimate of drug-likeness (QED) is 0.440. The summed E-state index contributed by atoms with van der Waals surface area (Å²) in [7, 11) is 0. The van der Waals surface area contributed by atoms with Crippen molar-refractivity contribution in [3.05, 3.63) is 69.8 Å². The highest BCUT2D eigenvalue weighted by Gasteiger charge is 2.13. The Bertz CT molecular complexity index is 821. The molecular weight excluding hydrogens is 350 g/mol. The van der Waals surface area contributed by atoms with Crippen molar-refractivity contribution in [3.8, 4) is 0 Å². The van der Waals surface area contributed by atoms with Crippen molar-refractivity contribution in [2.75, 3.05) is 5.43 Å². The first kappa shape index (κ1) is 19.7. The molecule has 9 heteroatoms. The van der Waals surface area contributed by atoms with E-state index in [1.165, 1.54) is 12.1 Å². The average molecular weight is 371 g/mol. The van der Waals surface area contributed by atoms with Crippen molar-refractivity contribution >= 4 is 23.3 Å². The minimum absolute atomic E-state index is 0.0454. The zero-order valence-electron chi connectivity index (χ0n) is 15.0. The van der Waals surface area contributed by atoms with Gasteiger partial charge in [-0.15, -0.1) is 0 Å². The van der Waals surface area contributed by atoms with Gasteiger partial charge in [0, 0.05) is 24.2 Å². The Kier molecular flexibility index (Phi) is 6.70. The SMILES string of the molecule is CC(C)NC(=O)NCc1ccc(C(=O)NNc2ccccc2[N+](=O)[O-])cc1. The van der Waals surface area contributed by atoms with Gasteiger partial charge in [-0.2, -0.15) is 0 Å². The summed E-state index contributed by atoms with van der Waals surface area (Å²) in [6.07, 6.45) is 0. The average Bonchev–Trinajstić information content (AvgIpc) is 2.64. The zero-order valence-corrected chi connectivity index (χ0v) is 15.0. The molecule has 0 bridgehead atoms. The molecule has 2 rings (SSSR count). The van der Waals surface area contributed by atoms with E-state index in [0.717, 1.165) is 5.56 Å². The molecule has 0 aliphatic rings. The number of nitro benzene ring substituents is 1. The molecule has 3 amide bonds.